The Kier molecular flexibility index (Phi) is 12.4. The Bertz CT molecular complexity index is 2630. The summed E-state index contributed by atoms with van der Waals surface area (Å²) in [6.45, 7) is -3.58. The van der Waals surface area contributed by atoms with Gasteiger partial charge < -0.3 is 4.90 Å². The molecule has 0 atom stereocenters. The molecule has 0 amide bonds. The number of rotatable bonds is 8. The van der Waals surface area contributed by atoms with Gasteiger partial charge in [-0.3, -0.25) is 0 Å². The highest BCUT2D eigenvalue weighted by Crippen LogP contribution is 2.45. The van der Waals surface area contributed by atoms with Crippen LogP contribution in [0.1, 0.15) is 33.4 Å². The fourth-order valence-corrected chi connectivity index (χ4v) is 9.49. The highest BCUT2D eigenvalue weighted by Gasteiger charge is 2.53. The summed E-state index contributed by atoms with van der Waals surface area (Å²) in [5, 5.41) is 0. The second-order valence-electron chi connectivity index (χ2n) is 14.3. The second kappa shape index (κ2) is 17.1. The Hall–Kier alpha value is -5.90. The minimum Gasteiger partial charge on any atom is -0.311 e. The maximum atomic E-state index is 14.8. The highest BCUT2D eigenvalue weighted by molar-refractivity contribution is 7.31. The molecule has 0 unspecified atom stereocenters. The zero-order valence-corrected chi connectivity index (χ0v) is 34.0. The maximum absolute atomic E-state index is 14.8. The van der Waals surface area contributed by atoms with Gasteiger partial charge in [0.2, 0.25) is 0 Å². The Morgan fingerprint density at radius 3 is 1.03 bits per heavy atom. The molecule has 0 bridgehead atoms. The molecule has 0 fully saturated rings. The Morgan fingerprint density at radius 1 is 0.333 bits per heavy atom. The molecule has 2 heterocycles. The van der Waals surface area contributed by atoms with Crippen molar-refractivity contribution in [2.45, 2.75) is 37.1 Å². The van der Waals surface area contributed by atoms with Crippen LogP contribution in [0.4, 0.5) is 96.1 Å². The molecular formula is C44H22BF18NS2. The average Bonchev–Trinajstić information content (AvgIpc) is 3.91. The molecular weight excluding hydrogens is 959 g/mol. The summed E-state index contributed by atoms with van der Waals surface area (Å²) in [4.78, 5) is 2.36. The molecule has 0 aliphatic rings. The normalized spacial score (nSPS) is 13.0. The smallest absolute Gasteiger partial charge is 0.311 e. The lowest BCUT2D eigenvalue weighted by atomic mass is 9.36. The van der Waals surface area contributed by atoms with Crippen LogP contribution < -0.4 is 20.6 Å². The summed E-state index contributed by atoms with van der Waals surface area (Å²) in [5.41, 5.74) is -19.2. The van der Waals surface area contributed by atoms with Gasteiger partial charge in [0.1, 0.15) is 0 Å². The number of hydrogen-bond donors (Lipinski definition) is 0. The van der Waals surface area contributed by atoms with Gasteiger partial charge in [-0.25, -0.2) is 0 Å². The molecule has 7 rings (SSSR count). The zero-order chi connectivity index (χ0) is 48.4. The first-order valence-corrected chi connectivity index (χ1v) is 20.2. The van der Waals surface area contributed by atoms with Gasteiger partial charge in [-0.05, 0) is 100 Å². The van der Waals surface area contributed by atoms with E-state index < -0.39 is 117 Å². The van der Waals surface area contributed by atoms with Gasteiger partial charge in [-0.15, -0.1) is 22.7 Å². The SMILES string of the molecule is FC(F)(F)c1cc(C(F)(F)F)c(B(c2ccc(-c3ccc(-c4ccc(N(c5ccccc5)c5ccccc5)cc4)s3)s2)c2c(C(F)(F)F)cc(C(F)(F)F)cc2C(F)(F)F)c(C(F)(F)F)c1. The number of alkyl halides is 18. The van der Waals surface area contributed by atoms with Gasteiger partial charge in [-0.2, -0.15) is 79.0 Å². The molecule has 0 radical (unpaired) electrons. The van der Waals surface area contributed by atoms with Crippen LogP contribution in [0, 0.1) is 0 Å². The molecule has 5 aromatic carbocycles. The third kappa shape index (κ3) is 9.93. The van der Waals surface area contributed by atoms with E-state index in [4.69, 9.17) is 0 Å². The fraction of sp³-hybridized carbons (Fsp3) is 0.136. The third-order valence-corrected chi connectivity index (χ3v) is 12.5. The van der Waals surface area contributed by atoms with Gasteiger partial charge in [0.25, 0.3) is 6.71 Å². The van der Waals surface area contributed by atoms with Gasteiger partial charge in [0.15, 0.2) is 0 Å². The predicted molar refractivity (Wildman–Crippen MR) is 215 cm³/mol. The topological polar surface area (TPSA) is 3.24 Å². The van der Waals surface area contributed by atoms with Crippen LogP contribution in [0.15, 0.2) is 133 Å². The van der Waals surface area contributed by atoms with Crippen LogP contribution >= 0.6 is 22.7 Å². The van der Waals surface area contributed by atoms with Crippen molar-refractivity contribution in [3.8, 4) is 20.2 Å². The van der Waals surface area contributed by atoms with Crippen molar-refractivity contribution in [2.75, 3.05) is 4.90 Å². The molecule has 0 N–H and O–H groups in total. The minimum absolute atomic E-state index is 0.0806. The van der Waals surface area contributed by atoms with Crippen molar-refractivity contribution < 1.29 is 79.0 Å². The van der Waals surface area contributed by atoms with Crippen molar-refractivity contribution in [2.24, 2.45) is 0 Å². The maximum Gasteiger partial charge on any atom is 0.416 e. The van der Waals surface area contributed by atoms with E-state index in [9.17, 15) is 79.0 Å². The lowest BCUT2D eigenvalue weighted by Crippen LogP contribution is -2.59. The van der Waals surface area contributed by atoms with Crippen molar-refractivity contribution in [3.05, 3.63) is 167 Å². The van der Waals surface area contributed by atoms with Crippen molar-refractivity contribution in [1.82, 2.24) is 0 Å². The lowest BCUT2D eigenvalue weighted by Gasteiger charge is -2.29. The van der Waals surface area contributed by atoms with Gasteiger partial charge >= 0.3 is 37.1 Å². The summed E-state index contributed by atoms with van der Waals surface area (Å²) in [6, 6.07) is 26.1. The number of para-hydroxylation sites is 2. The molecule has 0 aliphatic carbocycles. The van der Waals surface area contributed by atoms with Gasteiger partial charge in [0.05, 0.1) is 33.4 Å². The first-order chi connectivity index (χ1) is 30.5. The average molecular weight is 982 g/mol. The van der Waals surface area contributed by atoms with Crippen molar-refractivity contribution in [1.29, 1.82) is 0 Å². The molecule has 344 valence electrons. The van der Waals surface area contributed by atoms with Crippen LogP contribution in [-0.4, -0.2) is 6.71 Å². The largest absolute Gasteiger partial charge is 0.416 e. The van der Waals surface area contributed by atoms with Crippen molar-refractivity contribution in [3.63, 3.8) is 0 Å². The monoisotopic (exact) mass is 981 g/mol. The third-order valence-electron chi connectivity index (χ3n) is 10.0. The van der Waals surface area contributed by atoms with Crippen LogP contribution in [0.2, 0.25) is 0 Å². The predicted octanol–water partition coefficient (Wildman–Crippen LogP) is 15.2. The zero-order valence-electron chi connectivity index (χ0n) is 32.3. The molecule has 1 nitrogen and oxygen atoms in total. The van der Waals surface area contributed by atoms with Crippen LogP contribution in [0.25, 0.3) is 20.2 Å². The molecule has 7 aromatic rings. The first-order valence-electron chi connectivity index (χ1n) is 18.5. The van der Waals surface area contributed by atoms with Crippen LogP contribution in [0.3, 0.4) is 0 Å². The van der Waals surface area contributed by atoms with E-state index in [1.165, 1.54) is 12.1 Å². The standard InChI is InChI=1S/C44H22BF18NS2/c46-39(47,48)24-19-29(41(52,53)54)37(30(20-24)42(55,56)57)45(38-31(43(58,59)60)21-25(40(49,50)51)22-32(38)44(61,62)63)36-18-17-35(66-36)34-16-15-33(65-34)23-11-13-28(14-12-23)64(26-7-3-1-4-8-26)27-9-5-2-6-10-27/h1-22H. The summed E-state index contributed by atoms with van der Waals surface area (Å²) >= 11 is 1.01. The van der Waals surface area contributed by atoms with Crippen LogP contribution in [0.5, 0.6) is 0 Å². The molecule has 2 aromatic heterocycles. The summed E-state index contributed by atoms with van der Waals surface area (Å²) in [6.07, 6.45) is -37.3. The molecule has 66 heavy (non-hydrogen) atoms. The number of benzene rings is 5. The van der Waals surface area contributed by atoms with E-state index in [1.807, 2.05) is 65.6 Å². The van der Waals surface area contributed by atoms with E-state index in [2.05, 4.69) is 0 Å². The van der Waals surface area contributed by atoms with E-state index in [-0.39, 0.29) is 21.1 Å². The Morgan fingerprint density at radius 2 is 0.667 bits per heavy atom. The molecule has 0 saturated carbocycles. The van der Waals surface area contributed by atoms with Crippen molar-refractivity contribution >= 4 is 62.2 Å². The van der Waals surface area contributed by atoms with E-state index in [1.54, 1.807) is 24.3 Å². The fourth-order valence-electron chi connectivity index (χ4n) is 7.26. The molecule has 0 spiro atoms. The van der Waals surface area contributed by atoms with E-state index >= 15 is 0 Å². The van der Waals surface area contributed by atoms with E-state index in [0.29, 0.717) is 22.2 Å². The summed E-state index contributed by atoms with van der Waals surface area (Å²) in [5.74, 6) is 0. The number of thiophene rings is 2. The lowest BCUT2D eigenvalue weighted by molar-refractivity contribution is -0.149. The molecule has 0 saturated heterocycles. The number of nitrogens with zero attached hydrogens (tertiary/aromatic N) is 1. The summed E-state index contributed by atoms with van der Waals surface area (Å²) < 4.78 is 260. The molecule has 0 aliphatic heterocycles. The highest BCUT2D eigenvalue weighted by atomic mass is 32.1. The number of anilines is 3. The van der Waals surface area contributed by atoms with Gasteiger partial charge in [0, 0.05) is 31.7 Å². The van der Waals surface area contributed by atoms with Crippen LogP contribution in [-0.2, 0) is 37.1 Å². The number of halogens is 18. The number of hydrogen-bond acceptors (Lipinski definition) is 3. The Balaban J connectivity index is 1.44. The minimum atomic E-state index is -6.34. The Labute approximate surface area is 369 Å². The first kappa shape index (κ1) is 48.0. The van der Waals surface area contributed by atoms with Gasteiger partial charge in [-0.1, -0.05) is 54.6 Å². The quantitative estimate of drug-likeness (QED) is 0.108. The van der Waals surface area contributed by atoms with E-state index in [0.717, 1.165) is 28.8 Å². The summed E-state index contributed by atoms with van der Waals surface area (Å²) in [7, 11) is 0. The second-order valence-corrected chi connectivity index (χ2v) is 16.5. The molecule has 22 heteroatoms.